The lowest BCUT2D eigenvalue weighted by molar-refractivity contribution is 0.634. The zero-order chi connectivity index (χ0) is 16.2. The number of hydrogen-bond donors (Lipinski definition) is 0. The molecule has 0 N–H and O–H groups in total. The second kappa shape index (κ2) is 7.30. The molecular weight excluding hydrogens is 351 g/mol. The van der Waals surface area contributed by atoms with Gasteiger partial charge < -0.3 is 4.57 Å². The summed E-state index contributed by atoms with van der Waals surface area (Å²) in [6.07, 6.45) is 5.30. The molecule has 3 aromatic rings. The minimum atomic E-state index is -1.22. The maximum atomic E-state index is 13.1. The second-order valence-electron chi connectivity index (χ2n) is 5.05. The number of hydrogen-bond acceptors (Lipinski definition) is 2. The first-order valence-electron chi connectivity index (χ1n) is 7.01. The van der Waals surface area contributed by atoms with Crippen molar-refractivity contribution in [3.8, 4) is 0 Å². The Kier molecular flexibility index (Phi) is 5.16. The molecule has 0 saturated heterocycles. The molecule has 1 heterocycles. The Morgan fingerprint density at radius 2 is 1.61 bits per heavy atom. The summed E-state index contributed by atoms with van der Waals surface area (Å²) in [6, 6.07) is 14.6. The highest BCUT2D eigenvalue weighted by Crippen LogP contribution is 2.28. The van der Waals surface area contributed by atoms with Crippen molar-refractivity contribution in [2.45, 2.75) is 16.7 Å². The smallest absolute Gasteiger partial charge is 0.0946 e. The van der Waals surface area contributed by atoms with E-state index in [0.29, 0.717) is 16.6 Å². The fourth-order valence-corrected chi connectivity index (χ4v) is 3.99. The minimum absolute atomic E-state index is 0.206. The molecule has 2 atom stereocenters. The van der Waals surface area contributed by atoms with E-state index in [-0.39, 0.29) is 5.25 Å². The molecule has 118 valence electrons. The molecule has 0 aliphatic heterocycles. The van der Waals surface area contributed by atoms with Gasteiger partial charge >= 0.3 is 0 Å². The number of imidazole rings is 1. The van der Waals surface area contributed by atoms with Gasteiger partial charge in [0.15, 0.2) is 0 Å². The van der Waals surface area contributed by atoms with Crippen LogP contribution in [0.3, 0.4) is 0 Å². The Balaban J connectivity index is 1.95. The van der Waals surface area contributed by atoms with E-state index in [0.717, 1.165) is 10.5 Å². The predicted octanol–water partition coefficient (Wildman–Crippen LogP) is 4.74. The number of rotatable bonds is 5. The molecule has 6 heteroatoms. The monoisotopic (exact) mass is 364 g/mol. The van der Waals surface area contributed by atoms with E-state index in [1.165, 1.54) is 0 Å². The van der Waals surface area contributed by atoms with Crippen LogP contribution in [0.5, 0.6) is 0 Å². The third-order valence-electron chi connectivity index (χ3n) is 3.48. The average Bonchev–Trinajstić information content (AvgIpc) is 3.07. The van der Waals surface area contributed by atoms with Gasteiger partial charge in [-0.2, -0.15) is 0 Å². The topological polar surface area (TPSA) is 34.9 Å². The largest absolute Gasteiger partial charge is 0.336 e. The van der Waals surface area contributed by atoms with E-state index in [1.54, 1.807) is 36.8 Å². The van der Waals surface area contributed by atoms with Crippen molar-refractivity contribution >= 4 is 34.0 Å². The number of benzene rings is 2. The van der Waals surface area contributed by atoms with Crippen LogP contribution >= 0.6 is 23.2 Å². The van der Waals surface area contributed by atoms with Crippen LogP contribution in [0.1, 0.15) is 10.8 Å². The van der Waals surface area contributed by atoms with E-state index < -0.39 is 10.8 Å². The molecule has 23 heavy (non-hydrogen) atoms. The Labute approximate surface area is 147 Å². The molecule has 3 rings (SSSR count). The summed E-state index contributed by atoms with van der Waals surface area (Å²) < 4.78 is 15.0. The van der Waals surface area contributed by atoms with Crippen molar-refractivity contribution in [3.05, 3.63) is 82.9 Å². The number of aromatic nitrogens is 2. The normalized spacial score (nSPS) is 13.7. The van der Waals surface area contributed by atoms with Gasteiger partial charge in [0.25, 0.3) is 0 Å². The van der Waals surface area contributed by atoms with Gasteiger partial charge in [-0.05, 0) is 42.0 Å². The third-order valence-corrected chi connectivity index (χ3v) is 5.66. The molecule has 0 radical (unpaired) electrons. The molecule has 2 aromatic carbocycles. The van der Waals surface area contributed by atoms with Crippen molar-refractivity contribution in [3.63, 3.8) is 0 Å². The quantitative estimate of drug-likeness (QED) is 0.655. The molecular formula is C17H14Cl2N2OS. The highest BCUT2D eigenvalue weighted by atomic mass is 35.5. The standard InChI is InChI=1S/C17H14Cl2N2OS/c18-14-3-1-13(2-4-14)17(11-21-10-9-20-12-21)23(22)16-7-5-15(19)6-8-16/h1-10,12,17H,11H2. The van der Waals surface area contributed by atoms with E-state index in [4.69, 9.17) is 23.2 Å². The van der Waals surface area contributed by atoms with Gasteiger partial charge in [-0.15, -0.1) is 0 Å². The summed E-state index contributed by atoms with van der Waals surface area (Å²) in [5.74, 6) is 0. The van der Waals surface area contributed by atoms with E-state index in [9.17, 15) is 4.21 Å². The highest BCUT2D eigenvalue weighted by Gasteiger charge is 2.21. The Hall–Kier alpha value is -1.62. The second-order valence-corrected chi connectivity index (χ2v) is 7.56. The fourth-order valence-electron chi connectivity index (χ4n) is 2.29. The van der Waals surface area contributed by atoms with Crippen LogP contribution in [0.15, 0.2) is 72.1 Å². The lowest BCUT2D eigenvalue weighted by atomic mass is 10.1. The summed E-state index contributed by atoms with van der Waals surface area (Å²) in [6.45, 7) is 0.566. The predicted molar refractivity (Wildman–Crippen MR) is 94.3 cm³/mol. The molecule has 0 spiro atoms. The molecule has 2 unspecified atom stereocenters. The summed E-state index contributed by atoms with van der Waals surface area (Å²) in [4.78, 5) is 4.80. The van der Waals surface area contributed by atoms with Crippen molar-refractivity contribution in [1.82, 2.24) is 9.55 Å². The third kappa shape index (κ3) is 4.02. The lowest BCUT2D eigenvalue weighted by Gasteiger charge is -2.18. The van der Waals surface area contributed by atoms with Crippen molar-refractivity contribution in [2.24, 2.45) is 0 Å². The highest BCUT2D eigenvalue weighted by molar-refractivity contribution is 7.85. The molecule has 1 aromatic heterocycles. The van der Waals surface area contributed by atoms with E-state index in [1.807, 2.05) is 35.0 Å². The van der Waals surface area contributed by atoms with Crippen LogP contribution in [0.4, 0.5) is 0 Å². The Bertz CT molecular complexity index is 786. The van der Waals surface area contributed by atoms with Crippen LogP contribution < -0.4 is 0 Å². The van der Waals surface area contributed by atoms with Crippen molar-refractivity contribution < 1.29 is 4.21 Å². The van der Waals surface area contributed by atoms with Gasteiger partial charge in [-0.1, -0.05) is 35.3 Å². The first-order chi connectivity index (χ1) is 11.1. The zero-order valence-electron chi connectivity index (χ0n) is 12.1. The maximum absolute atomic E-state index is 13.1. The molecule has 0 fully saturated rings. The SMILES string of the molecule is O=S(c1ccc(Cl)cc1)C(Cn1ccnc1)c1ccc(Cl)cc1. The Morgan fingerprint density at radius 3 is 2.17 bits per heavy atom. The molecule has 0 aliphatic carbocycles. The summed E-state index contributed by atoms with van der Waals surface area (Å²) in [7, 11) is -1.22. The minimum Gasteiger partial charge on any atom is -0.336 e. The zero-order valence-corrected chi connectivity index (χ0v) is 14.4. The van der Waals surface area contributed by atoms with Gasteiger partial charge in [0, 0.05) is 33.9 Å². The maximum Gasteiger partial charge on any atom is 0.0946 e. The number of nitrogens with zero attached hydrogens (tertiary/aromatic N) is 2. The van der Waals surface area contributed by atoms with Crippen molar-refractivity contribution in [1.29, 1.82) is 0 Å². The van der Waals surface area contributed by atoms with Crippen LogP contribution in [-0.2, 0) is 17.3 Å². The molecule has 0 saturated carbocycles. The van der Waals surface area contributed by atoms with Crippen LogP contribution in [0.25, 0.3) is 0 Å². The van der Waals surface area contributed by atoms with E-state index in [2.05, 4.69) is 4.98 Å². The van der Waals surface area contributed by atoms with Crippen molar-refractivity contribution in [2.75, 3.05) is 0 Å². The summed E-state index contributed by atoms with van der Waals surface area (Å²) in [5, 5.41) is 1.08. The summed E-state index contributed by atoms with van der Waals surface area (Å²) >= 11 is 11.9. The lowest BCUT2D eigenvalue weighted by Crippen LogP contribution is -2.14. The van der Waals surface area contributed by atoms with Crippen LogP contribution in [0.2, 0.25) is 10.0 Å². The van der Waals surface area contributed by atoms with Gasteiger partial charge in [-0.25, -0.2) is 4.98 Å². The molecule has 3 nitrogen and oxygen atoms in total. The first-order valence-corrected chi connectivity index (χ1v) is 8.98. The fraction of sp³-hybridized carbons (Fsp3) is 0.118. The summed E-state index contributed by atoms with van der Waals surface area (Å²) in [5.41, 5.74) is 0.969. The van der Waals surface area contributed by atoms with Gasteiger partial charge in [0.1, 0.15) is 0 Å². The van der Waals surface area contributed by atoms with E-state index >= 15 is 0 Å². The van der Waals surface area contributed by atoms with Crippen LogP contribution in [-0.4, -0.2) is 13.8 Å². The average molecular weight is 365 g/mol. The first kappa shape index (κ1) is 16.2. The Morgan fingerprint density at radius 1 is 1.00 bits per heavy atom. The number of halogens is 2. The molecule has 0 bridgehead atoms. The van der Waals surface area contributed by atoms with Gasteiger partial charge in [-0.3, -0.25) is 4.21 Å². The van der Waals surface area contributed by atoms with Gasteiger partial charge in [0.2, 0.25) is 0 Å². The van der Waals surface area contributed by atoms with Crippen LogP contribution in [0, 0.1) is 0 Å². The molecule has 0 amide bonds. The molecule has 0 aliphatic rings. The van der Waals surface area contributed by atoms with Gasteiger partial charge in [0.05, 0.1) is 22.4 Å².